The maximum Gasteiger partial charge on any atom is 0.275 e. The van der Waals surface area contributed by atoms with Gasteiger partial charge in [0.05, 0.1) is 4.47 Å². The minimum Gasteiger partial charge on any atom is -0.337 e. The van der Waals surface area contributed by atoms with Crippen molar-refractivity contribution < 1.29 is 4.79 Å². The van der Waals surface area contributed by atoms with Crippen molar-refractivity contribution in [1.82, 2.24) is 25.3 Å². The zero-order valence-electron chi connectivity index (χ0n) is 11.2. The van der Waals surface area contributed by atoms with Crippen LogP contribution in [0, 0.1) is 6.92 Å². The Labute approximate surface area is 125 Å². The Hall–Kier alpha value is -1.63. The number of nitrogens with zero attached hydrogens (tertiary/aromatic N) is 3. The van der Waals surface area contributed by atoms with Gasteiger partial charge in [-0.25, -0.2) is 0 Å². The van der Waals surface area contributed by atoms with Crippen molar-refractivity contribution in [3.63, 3.8) is 0 Å². The van der Waals surface area contributed by atoms with Crippen molar-refractivity contribution in [1.29, 1.82) is 0 Å². The van der Waals surface area contributed by atoms with Gasteiger partial charge in [0.15, 0.2) is 5.69 Å². The van der Waals surface area contributed by atoms with E-state index in [2.05, 4.69) is 36.3 Å². The third-order valence-electron chi connectivity index (χ3n) is 3.75. The third-order valence-corrected chi connectivity index (χ3v) is 4.72. The molecule has 0 aliphatic carbocycles. The molecule has 1 aliphatic heterocycles. The van der Waals surface area contributed by atoms with Crippen LogP contribution in [0.4, 0.5) is 0 Å². The molecule has 0 radical (unpaired) electrons. The summed E-state index contributed by atoms with van der Waals surface area (Å²) >= 11 is 3.41. The molecule has 1 atom stereocenters. The van der Waals surface area contributed by atoms with Crippen molar-refractivity contribution in [3.05, 3.63) is 33.8 Å². The molecule has 7 heteroatoms. The van der Waals surface area contributed by atoms with Gasteiger partial charge in [0.2, 0.25) is 0 Å². The van der Waals surface area contributed by atoms with Gasteiger partial charge in [0.1, 0.15) is 0 Å². The average molecular weight is 338 g/mol. The molecule has 2 aromatic heterocycles. The zero-order valence-corrected chi connectivity index (χ0v) is 12.8. The summed E-state index contributed by atoms with van der Waals surface area (Å²) in [4.78, 5) is 14.4. The van der Waals surface area contributed by atoms with E-state index in [9.17, 15) is 4.79 Å². The highest BCUT2D eigenvalue weighted by Crippen LogP contribution is 2.27. The van der Waals surface area contributed by atoms with Gasteiger partial charge in [-0.05, 0) is 41.8 Å². The van der Waals surface area contributed by atoms with Crippen LogP contribution >= 0.6 is 15.9 Å². The maximum atomic E-state index is 12.5. The van der Waals surface area contributed by atoms with Crippen molar-refractivity contribution in [2.24, 2.45) is 0 Å². The number of halogens is 1. The Balaban J connectivity index is 1.77. The van der Waals surface area contributed by atoms with Gasteiger partial charge in [-0.1, -0.05) is 0 Å². The van der Waals surface area contributed by atoms with Crippen LogP contribution < -0.4 is 0 Å². The summed E-state index contributed by atoms with van der Waals surface area (Å²) < 4.78 is 0.756. The largest absolute Gasteiger partial charge is 0.337 e. The van der Waals surface area contributed by atoms with Gasteiger partial charge in [-0.2, -0.15) is 10.2 Å². The molecule has 20 heavy (non-hydrogen) atoms. The number of aryl methyl sites for hydroxylation is 1. The molecule has 3 rings (SSSR count). The number of nitrogens with one attached hydrogen (secondary N) is 2. The fourth-order valence-electron chi connectivity index (χ4n) is 2.62. The number of piperidine rings is 1. The summed E-state index contributed by atoms with van der Waals surface area (Å²) in [5.41, 5.74) is 2.43. The highest BCUT2D eigenvalue weighted by Gasteiger charge is 2.28. The normalized spacial score (nSPS) is 19.3. The van der Waals surface area contributed by atoms with Gasteiger partial charge in [-0.15, -0.1) is 0 Å². The summed E-state index contributed by atoms with van der Waals surface area (Å²) in [7, 11) is 0. The lowest BCUT2D eigenvalue weighted by molar-refractivity contribution is 0.0699. The first-order chi connectivity index (χ1) is 9.66. The molecule has 1 fully saturated rings. The molecule has 0 aromatic carbocycles. The number of aromatic nitrogens is 4. The lowest BCUT2D eigenvalue weighted by Crippen LogP contribution is -2.39. The molecule has 1 unspecified atom stereocenters. The predicted octanol–water partition coefficient (Wildman–Crippen LogP) is 2.22. The smallest absolute Gasteiger partial charge is 0.275 e. The third kappa shape index (κ3) is 2.37. The molecular weight excluding hydrogens is 322 g/mol. The van der Waals surface area contributed by atoms with E-state index in [1.807, 2.05) is 17.9 Å². The maximum absolute atomic E-state index is 12.5. The van der Waals surface area contributed by atoms with Crippen LogP contribution in [0.15, 0.2) is 16.7 Å². The van der Waals surface area contributed by atoms with Crippen LogP contribution in [0.5, 0.6) is 0 Å². The van der Waals surface area contributed by atoms with Gasteiger partial charge in [-0.3, -0.25) is 15.0 Å². The summed E-state index contributed by atoms with van der Waals surface area (Å²) in [5.74, 6) is 0.305. The van der Waals surface area contributed by atoms with E-state index in [1.54, 1.807) is 6.20 Å². The fraction of sp³-hybridized carbons (Fsp3) is 0.462. The Morgan fingerprint density at radius 1 is 1.50 bits per heavy atom. The topological polar surface area (TPSA) is 77.7 Å². The molecule has 0 spiro atoms. The highest BCUT2D eigenvalue weighted by molar-refractivity contribution is 9.10. The number of aromatic amines is 2. The first-order valence-electron chi connectivity index (χ1n) is 6.66. The van der Waals surface area contributed by atoms with E-state index < -0.39 is 0 Å². The molecule has 0 bridgehead atoms. The van der Waals surface area contributed by atoms with Crippen molar-refractivity contribution >= 4 is 21.8 Å². The fourth-order valence-corrected chi connectivity index (χ4v) is 2.96. The van der Waals surface area contributed by atoms with E-state index >= 15 is 0 Å². The van der Waals surface area contributed by atoms with Crippen molar-refractivity contribution in [2.75, 3.05) is 13.1 Å². The summed E-state index contributed by atoms with van der Waals surface area (Å²) in [6.07, 6.45) is 3.83. The number of amides is 1. The SMILES string of the molecule is Cc1[nH]nc(C(=O)N2CCCC(c3ccn[nH]3)C2)c1Br. The molecule has 1 amide bonds. The summed E-state index contributed by atoms with van der Waals surface area (Å²) in [5, 5.41) is 13.9. The first-order valence-corrected chi connectivity index (χ1v) is 7.45. The molecule has 3 heterocycles. The molecule has 106 valence electrons. The Bertz CT molecular complexity index is 606. The van der Waals surface area contributed by atoms with Crippen molar-refractivity contribution in [3.8, 4) is 0 Å². The number of carbonyl (C=O) groups excluding carboxylic acids is 1. The van der Waals surface area contributed by atoms with E-state index in [0.29, 0.717) is 18.2 Å². The van der Waals surface area contributed by atoms with Crippen LogP contribution in [-0.4, -0.2) is 44.3 Å². The number of likely N-dealkylation sites (tertiary alicyclic amines) is 1. The van der Waals surface area contributed by atoms with Crippen LogP contribution in [0.25, 0.3) is 0 Å². The van der Waals surface area contributed by atoms with Crippen LogP contribution in [-0.2, 0) is 0 Å². The second-order valence-corrected chi connectivity index (χ2v) is 5.91. The van der Waals surface area contributed by atoms with E-state index in [-0.39, 0.29) is 5.91 Å². The summed E-state index contributed by atoms with van der Waals surface area (Å²) in [6, 6.07) is 1.98. The van der Waals surface area contributed by atoms with Crippen LogP contribution in [0.1, 0.15) is 40.6 Å². The standard InChI is InChI=1S/C13H16BrN5O/c1-8-11(14)12(18-16-8)13(20)19-6-2-3-9(7-19)10-4-5-15-17-10/h4-5,9H,2-3,6-7H2,1H3,(H,15,17)(H,16,18). The first kappa shape index (κ1) is 13.4. The molecule has 2 N–H and O–H groups in total. The predicted molar refractivity (Wildman–Crippen MR) is 77.5 cm³/mol. The quantitative estimate of drug-likeness (QED) is 0.881. The lowest BCUT2D eigenvalue weighted by atomic mass is 9.95. The highest BCUT2D eigenvalue weighted by atomic mass is 79.9. The van der Waals surface area contributed by atoms with E-state index in [1.165, 1.54) is 0 Å². The monoisotopic (exact) mass is 337 g/mol. The second kappa shape index (κ2) is 5.40. The molecule has 6 nitrogen and oxygen atoms in total. The number of H-pyrrole nitrogens is 2. The minimum absolute atomic E-state index is 0.0227. The average Bonchev–Trinajstić information content (AvgIpc) is 3.10. The number of carbonyl (C=O) groups is 1. The van der Waals surface area contributed by atoms with Gasteiger partial charge in [0, 0.05) is 36.6 Å². The van der Waals surface area contributed by atoms with E-state index in [0.717, 1.165) is 35.2 Å². The van der Waals surface area contributed by atoms with Gasteiger partial charge < -0.3 is 4.90 Å². The minimum atomic E-state index is -0.0227. The van der Waals surface area contributed by atoms with Gasteiger partial charge in [0.25, 0.3) is 5.91 Å². The molecule has 1 aliphatic rings. The Morgan fingerprint density at radius 3 is 3.00 bits per heavy atom. The number of rotatable bonds is 2. The second-order valence-electron chi connectivity index (χ2n) is 5.11. The Morgan fingerprint density at radius 2 is 2.35 bits per heavy atom. The molecule has 2 aromatic rings. The van der Waals surface area contributed by atoms with Crippen molar-refractivity contribution in [2.45, 2.75) is 25.7 Å². The van der Waals surface area contributed by atoms with E-state index in [4.69, 9.17) is 0 Å². The molecular formula is C13H16BrN5O. The molecule has 1 saturated heterocycles. The zero-order chi connectivity index (χ0) is 14.1. The number of hydrogen-bond acceptors (Lipinski definition) is 3. The lowest BCUT2D eigenvalue weighted by Gasteiger charge is -2.31. The molecule has 0 saturated carbocycles. The van der Waals surface area contributed by atoms with Gasteiger partial charge >= 0.3 is 0 Å². The summed E-state index contributed by atoms with van der Waals surface area (Å²) in [6.45, 7) is 3.37. The number of hydrogen-bond donors (Lipinski definition) is 2. The van der Waals surface area contributed by atoms with Crippen LogP contribution in [0.3, 0.4) is 0 Å². The Kier molecular flexibility index (Phi) is 3.60. The van der Waals surface area contributed by atoms with Crippen LogP contribution in [0.2, 0.25) is 0 Å².